The van der Waals surface area contributed by atoms with Gasteiger partial charge in [0.25, 0.3) is 0 Å². The van der Waals surface area contributed by atoms with Crippen molar-refractivity contribution in [3.63, 3.8) is 0 Å². The number of rotatable bonds is 4. The van der Waals surface area contributed by atoms with Gasteiger partial charge < -0.3 is 10.1 Å². The van der Waals surface area contributed by atoms with Crippen molar-refractivity contribution >= 4 is 29.3 Å². The summed E-state index contributed by atoms with van der Waals surface area (Å²) < 4.78 is 4.67. The molecule has 1 amide bonds. The number of ether oxygens (including phenoxy) is 1. The molecule has 1 rings (SSSR count). The molecule has 1 N–H and O–H groups in total. The second kappa shape index (κ2) is 6.30. The predicted molar refractivity (Wildman–Crippen MR) is 69.5 cm³/mol. The van der Waals surface area contributed by atoms with Crippen LogP contribution in [0.5, 0.6) is 0 Å². The van der Waals surface area contributed by atoms with Crippen molar-refractivity contribution in [2.75, 3.05) is 24.4 Å². The van der Waals surface area contributed by atoms with Crippen LogP contribution in [0.25, 0.3) is 0 Å². The molecule has 17 heavy (non-hydrogen) atoms. The van der Waals surface area contributed by atoms with Crippen molar-refractivity contribution < 1.29 is 14.3 Å². The van der Waals surface area contributed by atoms with E-state index in [2.05, 4.69) is 10.1 Å². The SMILES string of the molecule is COC(=O)c1cccc(NC(=O)CSC)c1C. The molecule has 4 nitrogen and oxygen atoms in total. The van der Waals surface area contributed by atoms with Gasteiger partial charge in [0.2, 0.25) is 5.91 Å². The molecule has 0 saturated heterocycles. The number of hydrogen-bond acceptors (Lipinski definition) is 4. The summed E-state index contributed by atoms with van der Waals surface area (Å²) in [4.78, 5) is 22.9. The molecule has 0 atom stereocenters. The van der Waals surface area contributed by atoms with E-state index in [-0.39, 0.29) is 5.91 Å². The van der Waals surface area contributed by atoms with Crippen molar-refractivity contribution in [1.82, 2.24) is 0 Å². The molecule has 0 radical (unpaired) electrons. The summed E-state index contributed by atoms with van der Waals surface area (Å²) in [5, 5.41) is 2.76. The van der Waals surface area contributed by atoms with Crippen LogP contribution in [-0.4, -0.2) is 31.0 Å². The Bertz CT molecular complexity index is 432. The van der Waals surface area contributed by atoms with Crippen LogP contribution in [0.2, 0.25) is 0 Å². The van der Waals surface area contributed by atoms with E-state index in [1.54, 1.807) is 25.1 Å². The van der Waals surface area contributed by atoms with Gasteiger partial charge in [0, 0.05) is 5.69 Å². The fourth-order valence-corrected chi connectivity index (χ4v) is 1.75. The fourth-order valence-electron chi connectivity index (χ4n) is 1.42. The lowest BCUT2D eigenvalue weighted by atomic mass is 10.1. The Hall–Kier alpha value is -1.49. The summed E-state index contributed by atoms with van der Waals surface area (Å²) >= 11 is 1.45. The molecule has 0 aromatic heterocycles. The normalized spacial score (nSPS) is 9.82. The molecule has 1 aromatic carbocycles. The zero-order chi connectivity index (χ0) is 12.8. The zero-order valence-corrected chi connectivity index (χ0v) is 10.9. The molecule has 0 fully saturated rings. The number of carbonyl (C=O) groups excluding carboxylic acids is 2. The van der Waals surface area contributed by atoms with Gasteiger partial charge >= 0.3 is 5.97 Å². The largest absolute Gasteiger partial charge is 0.465 e. The van der Waals surface area contributed by atoms with Gasteiger partial charge in [0.05, 0.1) is 18.4 Å². The third-order valence-electron chi connectivity index (χ3n) is 2.29. The molecular formula is C12H15NO3S. The number of benzene rings is 1. The Morgan fingerprint density at radius 3 is 2.71 bits per heavy atom. The van der Waals surface area contributed by atoms with Crippen LogP contribution in [0.4, 0.5) is 5.69 Å². The third-order valence-corrected chi connectivity index (χ3v) is 2.84. The molecule has 0 aliphatic carbocycles. The summed E-state index contributed by atoms with van der Waals surface area (Å²) in [6.45, 7) is 1.78. The third kappa shape index (κ3) is 3.49. The second-order valence-corrected chi connectivity index (χ2v) is 4.32. The minimum Gasteiger partial charge on any atom is -0.465 e. The topological polar surface area (TPSA) is 55.4 Å². The molecular weight excluding hydrogens is 238 g/mol. The number of carbonyl (C=O) groups is 2. The van der Waals surface area contributed by atoms with Crippen LogP contribution < -0.4 is 5.32 Å². The quantitative estimate of drug-likeness (QED) is 0.835. The van der Waals surface area contributed by atoms with E-state index < -0.39 is 5.97 Å². The van der Waals surface area contributed by atoms with Gasteiger partial charge in [-0.3, -0.25) is 4.79 Å². The highest BCUT2D eigenvalue weighted by molar-refractivity contribution is 7.99. The van der Waals surface area contributed by atoms with Gasteiger partial charge in [-0.25, -0.2) is 4.79 Å². The number of anilines is 1. The van der Waals surface area contributed by atoms with Gasteiger partial charge in [-0.1, -0.05) is 6.07 Å². The number of nitrogens with one attached hydrogen (secondary N) is 1. The van der Waals surface area contributed by atoms with E-state index in [4.69, 9.17) is 0 Å². The van der Waals surface area contributed by atoms with E-state index in [1.165, 1.54) is 18.9 Å². The summed E-state index contributed by atoms with van der Waals surface area (Å²) in [5.74, 6) is -0.0897. The Morgan fingerprint density at radius 2 is 2.12 bits per heavy atom. The van der Waals surface area contributed by atoms with E-state index in [9.17, 15) is 9.59 Å². The van der Waals surface area contributed by atoms with Crippen LogP contribution in [0.1, 0.15) is 15.9 Å². The highest BCUT2D eigenvalue weighted by Gasteiger charge is 2.12. The number of thioether (sulfide) groups is 1. The lowest BCUT2D eigenvalue weighted by Gasteiger charge is -2.10. The van der Waals surface area contributed by atoms with Gasteiger partial charge in [-0.05, 0) is 30.9 Å². The first-order chi connectivity index (χ1) is 8.10. The standard InChI is InChI=1S/C12H15NO3S/c1-8-9(12(15)16-2)5-4-6-10(8)13-11(14)7-17-3/h4-6H,7H2,1-3H3,(H,13,14). The van der Waals surface area contributed by atoms with Crippen molar-refractivity contribution in [2.24, 2.45) is 0 Å². The number of esters is 1. The zero-order valence-electron chi connectivity index (χ0n) is 10.1. The monoisotopic (exact) mass is 253 g/mol. The predicted octanol–water partition coefficient (Wildman–Crippen LogP) is 2.08. The van der Waals surface area contributed by atoms with Crippen molar-refractivity contribution in [1.29, 1.82) is 0 Å². The first-order valence-corrected chi connectivity index (χ1v) is 6.46. The first-order valence-electron chi connectivity index (χ1n) is 5.07. The fraction of sp³-hybridized carbons (Fsp3) is 0.333. The first kappa shape index (κ1) is 13.6. The van der Waals surface area contributed by atoms with E-state index in [0.29, 0.717) is 22.6 Å². The van der Waals surface area contributed by atoms with E-state index in [0.717, 1.165) is 0 Å². The smallest absolute Gasteiger partial charge is 0.338 e. The number of amides is 1. The van der Waals surface area contributed by atoms with Crippen LogP contribution in [0.3, 0.4) is 0 Å². The maximum Gasteiger partial charge on any atom is 0.338 e. The number of methoxy groups -OCH3 is 1. The van der Waals surface area contributed by atoms with E-state index >= 15 is 0 Å². The van der Waals surface area contributed by atoms with Crippen LogP contribution in [0, 0.1) is 6.92 Å². The van der Waals surface area contributed by atoms with Crippen molar-refractivity contribution in [3.8, 4) is 0 Å². The molecule has 5 heteroatoms. The molecule has 1 aromatic rings. The highest BCUT2D eigenvalue weighted by Crippen LogP contribution is 2.19. The van der Waals surface area contributed by atoms with Crippen LogP contribution in [-0.2, 0) is 9.53 Å². The summed E-state index contributed by atoms with van der Waals surface area (Å²) in [7, 11) is 1.33. The minimum atomic E-state index is -0.400. The van der Waals surface area contributed by atoms with Crippen molar-refractivity contribution in [3.05, 3.63) is 29.3 Å². The Labute approximate surface area is 105 Å². The molecule has 0 heterocycles. The Morgan fingerprint density at radius 1 is 1.41 bits per heavy atom. The molecule has 92 valence electrons. The summed E-state index contributed by atoms with van der Waals surface area (Å²) in [6, 6.07) is 5.15. The molecule has 0 aliphatic rings. The van der Waals surface area contributed by atoms with Crippen LogP contribution in [0.15, 0.2) is 18.2 Å². The number of hydrogen-bond donors (Lipinski definition) is 1. The second-order valence-electron chi connectivity index (χ2n) is 3.45. The lowest BCUT2D eigenvalue weighted by molar-refractivity contribution is -0.113. The molecule has 0 spiro atoms. The lowest BCUT2D eigenvalue weighted by Crippen LogP contribution is -2.16. The van der Waals surface area contributed by atoms with Gasteiger partial charge in [-0.2, -0.15) is 11.8 Å². The Kier molecular flexibility index (Phi) is 5.03. The Balaban J connectivity index is 2.94. The molecule has 0 saturated carbocycles. The maximum absolute atomic E-state index is 11.5. The maximum atomic E-state index is 11.5. The average molecular weight is 253 g/mol. The minimum absolute atomic E-state index is 0.0809. The van der Waals surface area contributed by atoms with Gasteiger partial charge in [-0.15, -0.1) is 0 Å². The molecule has 0 unspecified atom stereocenters. The van der Waals surface area contributed by atoms with E-state index in [1.807, 2.05) is 6.26 Å². The van der Waals surface area contributed by atoms with Crippen LogP contribution >= 0.6 is 11.8 Å². The van der Waals surface area contributed by atoms with Gasteiger partial charge in [0.1, 0.15) is 0 Å². The van der Waals surface area contributed by atoms with Crippen molar-refractivity contribution in [2.45, 2.75) is 6.92 Å². The summed E-state index contributed by atoms with van der Waals surface area (Å²) in [5.41, 5.74) is 1.83. The average Bonchev–Trinajstić information content (AvgIpc) is 2.31. The summed E-state index contributed by atoms with van der Waals surface area (Å²) in [6.07, 6.45) is 1.86. The van der Waals surface area contributed by atoms with Gasteiger partial charge in [0.15, 0.2) is 0 Å². The molecule has 0 aliphatic heterocycles. The molecule has 0 bridgehead atoms. The highest BCUT2D eigenvalue weighted by atomic mass is 32.2.